The molecule has 2 heteroatoms. The molecule has 0 aliphatic carbocycles. The summed E-state index contributed by atoms with van der Waals surface area (Å²) < 4.78 is 0. The molecule has 0 amide bonds. The van der Waals surface area contributed by atoms with Gasteiger partial charge < -0.3 is 9.80 Å². The van der Waals surface area contributed by atoms with Gasteiger partial charge in [-0.3, -0.25) is 0 Å². The smallest absolute Gasteiger partial charge is 0.000655 e. The Morgan fingerprint density at radius 1 is 0.123 bits per heavy atom. The van der Waals surface area contributed by atoms with E-state index < -0.39 is 0 Å². The highest BCUT2D eigenvalue weighted by Gasteiger charge is 2.10. The molecule has 0 bridgehead atoms. The summed E-state index contributed by atoms with van der Waals surface area (Å²) in [6.45, 7) is 17.4. The monoisotopic (exact) mass is 915 g/mol. The molecule has 0 N–H and O–H groups in total. The van der Waals surface area contributed by atoms with Crippen LogP contribution >= 0.6 is 0 Å². The van der Waals surface area contributed by atoms with Crippen molar-refractivity contribution in [3.05, 3.63) is 0 Å². The summed E-state index contributed by atoms with van der Waals surface area (Å²) in [4.78, 5) is 5.84. The molecule has 0 spiro atoms. The molecule has 0 unspecified atom stereocenters. The van der Waals surface area contributed by atoms with Crippen LogP contribution in [0.25, 0.3) is 0 Å². The second-order valence-electron chi connectivity index (χ2n) is 22.0. The zero-order valence-corrected chi connectivity index (χ0v) is 46.6. The van der Waals surface area contributed by atoms with Crippen molar-refractivity contribution in [3.8, 4) is 0 Å². The summed E-state index contributed by atoms with van der Waals surface area (Å²) in [5.41, 5.74) is 0. The van der Waals surface area contributed by atoms with Gasteiger partial charge >= 0.3 is 0 Å². The summed E-state index contributed by atoms with van der Waals surface area (Å²) in [5.74, 6) is 0. The first-order valence-corrected chi connectivity index (χ1v) is 31.7. The maximum absolute atomic E-state index is 2.92. The van der Waals surface area contributed by atoms with E-state index in [1.165, 1.54) is 380 Å². The molecule has 0 saturated heterocycles. The lowest BCUT2D eigenvalue weighted by atomic mass is 10.0. The van der Waals surface area contributed by atoms with Gasteiger partial charge in [-0.1, -0.05) is 336 Å². The number of hydrogen-bond donors (Lipinski definition) is 0. The van der Waals surface area contributed by atoms with Crippen LogP contribution in [0.4, 0.5) is 0 Å². The Bertz CT molecular complexity index is 672. The van der Waals surface area contributed by atoms with Crippen molar-refractivity contribution < 1.29 is 0 Å². The van der Waals surface area contributed by atoms with E-state index >= 15 is 0 Å². The lowest BCUT2D eigenvalue weighted by molar-refractivity contribution is 0.215. The standard InChI is InChI=1S/C63H130N2/c1-5-9-13-17-21-25-29-33-37-41-45-49-53-58-64(59-54-50-46-42-38-34-30-26-22-18-14-10-6-2)62-57-63-65(60-55-51-47-43-39-35-31-27-23-19-15-11-7-3)61-56-52-48-44-40-36-32-28-24-20-16-12-8-4/h5-63H2,1-4H3. The lowest BCUT2D eigenvalue weighted by Crippen LogP contribution is -2.32. The third-order valence-corrected chi connectivity index (χ3v) is 15.3. The Labute approximate surface area is 415 Å². The Kier molecular flexibility index (Phi) is 60.0. The van der Waals surface area contributed by atoms with E-state index in [0.717, 1.165) is 0 Å². The molecule has 0 rings (SSSR count). The van der Waals surface area contributed by atoms with Gasteiger partial charge in [-0.2, -0.15) is 0 Å². The average Bonchev–Trinajstić information content (AvgIpc) is 3.31. The Hall–Kier alpha value is -0.0800. The zero-order chi connectivity index (χ0) is 46.9. The predicted molar refractivity (Wildman–Crippen MR) is 300 cm³/mol. The average molecular weight is 916 g/mol. The molecular formula is C63H130N2. The fourth-order valence-electron chi connectivity index (χ4n) is 10.6. The van der Waals surface area contributed by atoms with Gasteiger partial charge in [0.05, 0.1) is 0 Å². The molecule has 392 valence electrons. The number of rotatable bonds is 60. The maximum atomic E-state index is 2.92. The molecule has 0 radical (unpaired) electrons. The van der Waals surface area contributed by atoms with E-state index in [0.29, 0.717) is 0 Å². The van der Waals surface area contributed by atoms with Crippen molar-refractivity contribution in [1.82, 2.24) is 9.80 Å². The Morgan fingerprint density at radius 3 is 0.369 bits per heavy atom. The number of hydrogen-bond acceptors (Lipinski definition) is 2. The number of nitrogens with zero attached hydrogens (tertiary/aromatic N) is 2. The SMILES string of the molecule is CCCCCCCCCCCCCCCN(CCCCCCCCCCCCCCC)CCCN(CCCCCCCCCCCCCCC)CCCCCCCCCCCCCCC. The number of unbranched alkanes of at least 4 members (excludes halogenated alkanes) is 48. The Balaban J connectivity index is 4.73. The highest BCUT2D eigenvalue weighted by atomic mass is 15.1. The van der Waals surface area contributed by atoms with E-state index in [-0.39, 0.29) is 0 Å². The molecule has 0 aromatic rings. The fraction of sp³-hybridized carbons (Fsp3) is 1.00. The maximum Gasteiger partial charge on any atom is -0.000655 e. The van der Waals surface area contributed by atoms with Crippen molar-refractivity contribution >= 4 is 0 Å². The van der Waals surface area contributed by atoms with Crippen LogP contribution in [-0.2, 0) is 0 Å². The molecule has 0 fully saturated rings. The molecule has 0 saturated carbocycles. The van der Waals surface area contributed by atoms with E-state index in [1.54, 1.807) is 0 Å². The van der Waals surface area contributed by atoms with Crippen LogP contribution in [0.3, 0.4) is 0 Å². The molecule has 0 aliphatic rings. The minimum atomic E-state index is 1.34. The van der Waals surface area contributed by atoms with E-state index in [2.05, 4.69) is 37.5 Å². The van der Waals surface area contributed by atoms with Crippen LogP contribution in [0.1, 0.15) is 368 Å². The van der Waals surface area contributed by atoms with Crippen LogP contribution in [0.5, 0.6) is 0 Å². The first-order chi connectivity index (χ1) is 32.3. The van der Waals surface area contributed by atoms with E-state index in [1.807, 2.05) is 0 Å². The molecule has 0 aromatic heterocycles. The second kappa shape index (κ2) is 60.0. The highest BCUT2D eigenvalue weighted by molar-refractivity contribution is 4.65. The molecule has 65 heavy (non-hydrogen) atoms. The third kappa shape index (κ3) is 56.4. The summed E-state index contributed by atoms with van der Waals surface area (Å²) in [5, 5.41) is 0. The summed E-state index contributed by atoms with van der Waals surface area (Å²) >= 11 is 0. The zero-order valence-electron chi connectivity index (χ0n) is 46.6. The topological polar surface area (TPSA) is 6.48 Å². The first-order valence-electron chi connectivity index (χ1n) is 31.7. The van der Waals surface area contributed by atoms with Crippen LogP contribution < -0.4 is 0 Å². The van der Waals surface area contributed by atoms with Crippen molar-refractivity contribution in [2.24, 2.45) is 0 Å². The minimum absolute atomic E-state index is 1.34. The fourth-order valence-corrected chi connectivity index (χ4v) is 10.6. The second-order valence-corrected chi connectivity index (χ2v) is 22.0. The van der Waals surface area contributed by atoms with Crippen LogP contribution in [0.2, 0.25) is 0 Å². The molecule has 0 heterocycles. The molecule has 0 aliphatic heterocycles. The van der Waals surface area contributed by atoms with Crippen LogP contribution in [0, 0.1) is 0 Å². The Morgan fingerprint density at radius 2 is 0.231 bits per heavy atom. The summed E-state index contributed by atoms with van der Waals surface area (Å²) in [6.07, 6.45) is 77.2. The lowest BCUT2D eigenvalue weighted by Gasteiger charge is -2.26. The van der Waals surface area contributed by atoms with E-state index in [4.69, 9.17) is 0 Å². The van der Waals surface area contributed by atoms with Gasteiger partial charge in [-0.15, -0.1) is 0 Å². The van der Waals surface area contributed by atoms with Gasteiger partial charge in [0.2, 0.25) is 0 Å². The van der Waals surface area contributed by atoms with Crippen LogP contribution in [0.15, 0.2) is 0 Å². The quantitative estimate of drug-likeness (QED) is 0.0561. The minimum Gasteiger partial charge on any atom is -0.303 e. The first kappa shape index (κ1) is 64.9. The highest BCUT2D eigenvalue weighted by Crippen LogP contribution is 2.18. The molecule has 2 nitrogen and oxygen atoms in total. The van der Waals surface area contributed by atoms with Gasteiger partial charge in [-0.25, -0.2) is 0 Å². The van der Waals surface area contributed by atoms with Crippen molar-refractivity contribution in [2.45, 2.75) is 368 Å². The van der Waals surface area contributed by atoms with Gasteiger partial charge in [-0.05, 0) is 71.4 Å². The molecular weight excluding hydrogens is 785 g/mol. The van der Waals surface area contributed by atoms with Crippen molar-refractivity contribution in [3.63, 3.8) is 0 Å². The largest absolute Gasteiger partial charge is 0.303 e. The van der Waals surface area contributed by atoms with Gasteiger partial charge in [0.25, 0.3) is 0 Å². The van der Waals surface area contributed by atoms with E-state index in [9.17, 15) is 0 Å². The van der Waals surface area contributed by atoms with Gasteiger partial charge in [0, 0.05) is 0 Å². The summed E-state index contributed by atoms with van der Waals surface area (Å²) in [7, 11) is 0. The van der Waals surface area contributed by atoms with Crippen molar-refractivity contribution in [2.75, 3.05) is 39.3 Å². The molecule has 0 atom stereocenters. The summed E-state index contributed by atoms with van der Waals surface area (Å²) in [6, 6.07) is 0. The van der Waals surface area contributed by atoms with Gasteiger partial charge in [0.1, 0.15) is 0 Å². The van der Waals surface area contributed by atoms with Gasteiger partial charge in [0.15, 0.2) is 0 Å². The molecule has 0 aromatic carbocycles. The third-order valence-electron chi connectivity index (χ3n) is 15.3. The van der Waals surface area contributed by atoms with Crippen LogP contribution in [-0.4, -0.2) is 49.1 Å². The normalized spacial score (nSPS) is 11.9. The van der Waals surface area contributed by atoms with Crippen molar-refractivity contribution in [1.29, 1.82) is 0 Å². The predicted octanol–water partition coefficient (Wildman–Crippen LogP) is 22.3.